The molecule has 0 spiro atoms. The van der Waals surface area contributed by atoms with Gasteiger partial charge in [-0.15, -0.1) is 0 Å². The third kappa shape index (κ3) is 4.99. The van der Waals surface area contributed by atoms with Gasteiger partial charge >= 0.3 is 6.18 Å². The van der Waals surface area contributed by atoms with E-state index in [-0.39, 0.29) is 18.9 Å². The van der Waals surface area contributed by atoms with Crippen LogP contribution in [0.15, 0.2) is 42.5 Å². The molecule has 1 heterocycles. The Morgan fingerprint density at radius 3 is 2.86 bits per heavy atom. The summed E-state index contributed by atoms with van der Waals surface area (Å²) in [6, 6.07) is 7.99. The smallest absolute Gasteiger partial charge is 0.416 e. The Hall–Kier alpha value is -3.11. The summed E-state index contributed by atoms with van der Waals surface area (Å²) in [7, 11) is 0. The molecule has 0 aliphatic carbocycles. The predicted molar refractivity (Wildman–Crippen MR) is 97.9 cm³/mol. The van der Waals surface area contributed by atoms with E-state index in [4.69, 9.17) is 21.1 Å². The molecule has 1 amide bonds. The van der Waals surface area contributed by atoms with Crippen molar-refractivity contribution in [1.82, 2.24) is 5.32 Å². The summed E-state index contributed by atoms with van der Waals surface area (Å²) < 4.78 is 48.4. The summed E-state index contributed by atoms with van der Waals surface area (Å²) in [6.45, 7) is 0.0779. The Morgan fingerprint density at radius 1 is 1.25 bits per heavy atom. The number of benzene rings is 2. The second-order valence-electron chi connectivity index (χ2n) is 5.67. The minimum Gasteiger partial charge on any atom is -0.454 e. The first-order chi connectivity index (χ1) is 13.3. The molecule has 0 saturated carbocycles. The van der Waals surface area contributed by atoms with Gasteiger partial charge in [0.15, 0.2) is 11.5 Å². The molecule has 1 aliphatic heterocycles. The number of fused-ring (bicyclic) bond motifs is 1. The molecule has 0 fully saturated rings. The summed E-state index contributed by atoms with van der Waals surface area (Å²) in [5, 5.41) is 2.90. The average Bonchev–Trinajstić information content (AvgIpc) is 3.12. The van der Waals surface area contributed by atoms with Crippen LogP contribution in [0.4, 0.5) is 13.2 Å². The van der Waals surface area contributed by atoms with Gasteiger partial charge in [0.1, 0.15) is 0 Å². The molecule has 0 bridgehead atoms. The van der Waals surface area contributed by atoms with Crippen LogP contribution in [0.1, 0.15) is 16.7 Å². The van der Waals surface area contributed by atoms with Crippen LogP contribution in [0.5, 0.6) is 11.5 Å². The first-order valence-electron chi connectivity index (χ1n) is 8.04. The minimum atomic E-state index is -4.42. The molecule has 0 aromatic heterocycles. The molecule has 2 aromatic carbocycles. The first-order valence-corrected chi connectivity index (χ1v) is 8.42. The van der Waals surface area contributed by atoms with Crippen molar-refractivity contribution in [3.8, 4) is 23.3 Å². The lowest BCUT2D eigenvalue weighted by Gasteiger charge is -2.05. The van der Waals surface area contributed by atoms with Crippen molar-refractivity contribution < 1.29 is 27.4 Å². The molecule has 2 aromatic rings. The van der Waals surface area contributed by atoms with Crippen LogP contribution in [0, 0.1) is 11.8 Å². The van der Waals surface area contributed by atoms with Gasteiger partial charge in [-0.1, -0.05) is 29.5 Å². The largest absolute Gasteiger partial charge is 0.454 e. The van der Waals surface area contributed by atoms with Crippen molar-refractivity contribution in [2.75, 3.05) is 13.3 Å². The zero-order valence-electron chi connectivity index (χ0n) is 14.3. The molecule has 28 heavy (non-hydrogen) atoms. The minimum absolute atomic E-state index is 0.0126. The van der Waals surface area contributed by atoms with Gasteiger partial charge in [0.05, 0.1) is 17.1 Å². The fourth-order valence-corrected chi connectivity index (χ4v) is 2.64. The number of carbonyl (C=O) groups is 1. The highest BCUT2D eigenvalue weighted by molar-refractivity contribution is 6.32. The molecule has 0 unspecified atom stereocenters. The highest BCUT2D eigenvalue weighted by atomic mass is 35.5. The normalized spacial score (nSPS) is 12.6. The molecular formula is C20H13ClF3NO3. The van der Waals surface area contributed by atoms with E-state index in [9.17, 15) is 18.0 Å². The number of amides is 1. The number of alkyl halides is 3. The van der Waals surface area contributed by atoms with Gasteiger partial charge in [0, 0.05) is 11.6 Å². The van der Waals surface area contributed by atoms with Gasteiger partial charge in [-0.25, -0.2) is 0 Å². The second kappa shape index (κ2) is 8.28. The van der Waals surface area contributed by atoms with Gasteiger partial charge in [0.2, 0.25) is 12.7 Å². The fourth-order valence-electron chi connectivity index (χ4n) is 2.37. The summed E-state index contributed by atoms with van der Waals surface area (Å²) in [5.41, 5.74) is 0.0997. The molecule has 0 radical (unpaired) electrons. The third-order valence-corrected chi connectivity index (χ3v) is 3.93. The molecule has 8 heteroatoms. The number of halogens is 4. The van der Waals surface area contributed by atoms with E-state index >= 15 is 0 Å². The Balaban J connectivity index is 1.55. The van der Waals surface area contributed by atoms with Gasteiger partial charge < -0.3 is 14.8 Å². The Kier molecular flexibility index (Phi) is 5.81. The van der Waals surface area contributed by atoms with Gasteiger partial charge in [-0.2, -0.15) is 13.2 Å². The third-order valence-electron chi connectivity index (χ3n) is 3.65. The SMILES string of the molecule is O=C(/C=C/c1cc(Cl)c2c(c1)OCO2)NCC#Cc1cccc(C(F)(F)F)c1. The van der Waals surface area contributed by atoms with E-state index < -0.39 is 17.6 Å². The average molecular weight is 408 g/mol. The number of hydrogen-bond donors (Lipinski definition) is 1. The van der Waals surface area contributed by atoms with E-state index in [1.54, 1.807) is 18.2 Å². The lowest BCUT2D eigenvalue weighted by Crippen LogP contribution is -2.20. The quantitative estimate of drug-likeness (QED) is 0.610. The van der Waals surface area contributed by atoms with Crippen LogP contribution in [-0.2, 0) is 11.0 Å². The number of rotatable bonds is 3. The lowest BCUT2D eigenvalue weighted by atomic mass is 10.1. The molecule has 144 valence electrons. The van der Waals surface area contributed by atoms with Crippen LogP contribution in [0.25, 0.3) is 6.08 Å². The van der Waals surface area contributed by atoms with E-state index in [2.05, 4.69) is 17.2 Å². The van der Waals surface area contributed by atoms with E-state index in [0.29, 0.717) is 22.1 Å². The highest BCUT2D eigenvalue weighted by Crippen LogP contribution is 2.40. The molecule has 1 N–H and O–H groups in total. The van der Waals surface area contributed by atoms with Crippen LogP contribution in [-0.4, -0.2) is 19.2 Å². The van der Waals surface area contributed by atoms with Crippen LogP contribution in [0.2, 0.25) is 5.02 Å². The zero-order chi connectivity index (χ0) is 20.1. The van der Waals surface area contributed by atoms with Crippen LogP contribution in [0.3, 0.4) is 0 Å². The lowest BCUT2D eigenvalue weighted by molar-refractivity contribution is -0.137. The van der Waals surface area contributed by atoms with Crippen molar-refractivity contribution in [3.63, 3.8) is 0 Å². The van der Waals surface area contributed by atoms with Crippen molar-refractivity contribution in [3.05, 3.63) is 64.2 Å². The molecule has 4 nitrogen and oxygen atoms in total. The number of hydrogen-bond acceptors (Lipinski definition) is 3. The predicted octanol–water partition coefficient (Wildman–Crippen LogP) is 4.27. The molecule has 1 aliphatic rings. The highest BCUT2D eigenvalue weighted by Gasteiger charge is 2.30. The monoisotopic (exact) mass is 407 g/mol. The Morgan fingerprint density at radius 2 is 2.07 bits per heavy atom. The molecule has 0 saturated heterocycles. The summed E-state index contributed by atoms with van der Waals surface area (Å²) >= 11 is 6.06. The summed E-state index contributed by atoms with van der Waals surface area (Å²) in [5.74, 6) is 5.75. The standard InChI is InChI=1S/C20H13ClF3NO3/c21-16-10-14(11-17-19(16)28-12-27-17)6-7-18(26)25-8-2-4-13-3-1-5-15(9-13)20(22,23)24/h1,3,5-7,9-11H,8,12H2,(H,25,26)/b7-6+. The Bertz CT molecular complexity index is 990. The van der Waals surface area contributed by atoms with Gasteiger partial charge in [-0.05, 0) is 42.0 Å². The maximum absolute atomic E-state index is 12.6. The summed E-state index contributed by atoms with van der Waals surface area (Å²) in [6.07, 6.45) is -1.59. The summed E-state index contributed by atoms with van der Waals surface area (Å²) in [4.78, 5) is 11.8. The van der Waals surface area contributed by atoms with Crippen LogP contribution >= 0.6 is 11.6 Å². The fraction of sp³-hybridized carbons (Fsp3) is 0.150. The first kappa shape index (κ1) is 19.6. The van der Waals surface area contributed by atoms with E-state index in [0.717, 1.165) is 12.1 Å². The van der Waals surface area contributed by atoms with E-state index in [1.165, 1.54) is 18.2 Å². The second-order valence-corrected chi connectivity index (χ2v) is 6.08. The van der Waals surface area contributed by atoms with Crippen LogP contribution < -0.4 is 14.8 Å². The Labute approximate surface area is 163 Å². The maximum atomic E-state index is 12.6. The van der Waals surface area contributed by atoms with Gasteiger partial charge in [-0.3, -0.25) is 4.79 Å². The van der Waals surface area contributed by atoms with Crippen molar-refractivity contribution in [1.29, 1.82) is 0 Å². The number of carbonyl (C=O) groups excluding carboxylic acids is 1. The molecule has 0 atom stereocenters. The maximum Gasteiger partial charge on any atom is 0.416 e. The number of nitrogens with one attached hydrogen (secondary N) is 1. The zero-order valence-corrected chi connectivity index (χ0v) is 15.0. The topological polar surface area (TPSA) is 47.6 Å². The van der Waals surface area contributed by atoms with Crippen molar-refractivity contribution >= 4 is 23.6 Å². The van der Waals surface area contributed by atoms with E-state index in [1.807, 2.05) is 0 Å². The molecular weight excluding hydrogens is 395 g/mol. The van der Waals surface area contributed by atoms with Crippen molar-refractivity contribution in [2.24, 2.45) is 0 Å². The molecule has 3 rings (SSSR count). The van der Waals surface area contributed by atoms with Gasteiger partial charge in [0.25, 0.3) is 0 Å². The van der Waals surface area contributed by atoms with Crippen molar-refractivity contribution in [2.45, 2.75) is 6.18 Å². The number of ether oxygens (including phenoxy) is 2.